The standard InChI is InChI=1S/C19H27N3O5S2/c1-21(13-12-16-4-6-17(20)7-5-16)14-15-27-19-10-8-18(9-11-19)22(28(2,23)24)29(3,25)26/h4-11H,12-15,20H2,1-3H3. The third-order valence-electron chi connectivity index (χ3n) is 4.15. The van der Waals surface area contributed by atoms with Crippen molar-refractivity contribution in [3.05, 3.63) is 54.1 Å². The van der Waals surface area contributed by atoms with Gasteiger partial charge in [-0.3, -0.25) is 0 Å². The average Bonchev–Trinajstić information content (AvgIpc) is 2.60. The average molecular weight is 442 g/mol. The Morgan fingerprint density at radius 2 is 1.41 bits per heavy atom. The van der Waals surface area contributed by atoms with Crippen LogP contribution in [0.3, 0.4) is 0 Å². The SMILES string of the molecule is CN(CCOc1ccc(N(S(C)(=O)=O)S(C)(=O)=O)cc1)CCc1ccc(N)cc1. The molecule has 0 unspecified atom stereocenters. The third-order valence-corrected chi connectivity index (χ3v) is 7.40. The highest BCUT2D eigenvalue weighted by Crippen LogP contribution is 2.24. The Balaban J connectivity index is 1.86. The fourth-order valence-electron chi connectivity index (χ4n) is 2.73. The molecule has 0 fully saturated rings. The number of anilines is 2. The third kappa shape index (κ3) is 7.22. The highest BCUT2D eigenvalue weighted by atomic mass is 32.3. The fourth-order valence-corrected chi connectivity index (χ4v) is 5.71. The van der Waals surface area contributed by atoms with Crippen molar-refractivity contribution in [2.45, 2.75) is 6.42 Å². The second-order valence-electron chi connectivity index (χ2n) is 6.86. The van der Waals surface area contributed by atoms with Gasteiger partial charge in [-0.15, -0.1) is 0 Å². The van der Waals surface area contributed by atoms with Gasteiger partial charge in [-0.05, 0) is 55.4 Å². The molecule has 0 aliphatic rings. The van der Waals surface area contributed by atoms with E-state index in [4.69, 9.17) is 10.5 Å². The molecule has 2 rings (SSSR count). The summed E-state index contributed by atoms with van der Waals surface area (Å²) in [6.07, 6.45) is 2.59. The summed E-state index contributed by atoms with van der Waals surface area (Å²) in [6, 6.07) is 13.7. The minimum atomic E-state index is -3.96. The van der Waals surface area contributed by atoms with Crippen LogP contribution in [-0.4, -0.2) is 61.0 Å². The second-order valence-corrected chi connectivity index (χ2v) is 10.8. The largest absolute Gasteiger partial charge is 0.492 e. The smallest absolute Gasteiger partial charge is 0.245 e. The van der Waals surface area contributed by atoms with Crippen molar-refractivity contribution >= 4 is 31.4 Å². The highest BCUT2D eigenvalue weighted by Gasteiger charge is 2.27. The maximum absolute atomic E-state index is 11.8. The Morgan fingerprint density at radius 3 is 1.93 bits per heavy atom. The van der Waals surface area contributed by atoms with Crippen LogP contribution in [0.4, 0.5) is 11.4 Å². The molecule has 29 heavy (non-hydrogen) atoms. The van der Waals surface area contributed by atoms with Crippen LogP contribution in [0, 0.1) is 0 Å². The number of nitrogen functional groups attached to an aromatic ring is 1. The zero-order chi connectivity index (χ0) is 21.7. The van der Waals surface area contributed by atoms with Crippen molar-refractivity contribution in [2.24, 2.45) is 0 Å². The molecule has 0 amide bonds. The van der Waals surface area contributed by atoms with Crippen LogP contribution in [0.25, 0.3) is 0 Å². The van der Waals surface area contributed by atoms with Crippen molar-refractivity contribution in [3.8, 4) is 5.75 Å². The van der Waals surface area contributed by atoms with E-state index in [9.17, 15) is 16.8 Å². The van der Waals surface area contributed by atoms with Crippen molar-refractivity contribution in [1.82, 2.24) is 4.90 Å². The normalized spacial score (nSPS) is 12.1. The van der Waals surface area contributed by atoms with Gasteiger partial charge in [0.05, 0.1) is 18.2 Å². The molecule has 10 heteroatoms. The lowest BCUT2D eigenvalue weighted by molar-refractivity contribution is 0.239. The van der Waals surface area contributed by atoms with Gasteiger partial charge in [0, 0.05) is 18.8 Å². The molecule has 0 aliphatic carbocycles. The van der Waals surface area contributed by atoms with E-state index in [2.05, 4.69) is 4.90 Å². The highest BCUT2D eigenvalue weighted by molar-refractivity contribution is 8.09. The van der Waals surface area contributed by atoms with E-state index < -0.39 is 20.0 Å². The van der Waals surface area contributed by atoms with Crippen LogP contribution in [0.5, 0.6) is 5.75 Å². The molecule has 2 N–H and O–H groups in total. The number of rotatable bonds is 10. The zero-order valence-electron chi connectivity index (χ0n) is 16.8. The van der Waals surface area contributed by atoms with E-state index >= 15 is 0 Å². The van der Waals surface area contributed by atoms with Crippen LogP contribution in [0.15, 0.2) is 48.5 Å². The number of nitrogens with two attached hydrogens (primary N) is 1. The molecule has 0 spiro atoms. The molecule has 0 radical (unpaired) electrons. The molecule has 0 aliphatic heterocycles. The number of sulfonamides is 2. The molecule has 0 bridgehead atoms. The molecule has 0 saturated heterocycles. The molecule has 0 atom stereocenters. The summed E-state index contributed by atoms with van der Waals surface area (Å²) in [6.45, 7) is 2.01. The summed E-state index contributed by atoms with van der Waals surface area (Å²) in [4.78, 5) is 2.14. The molecule has 0 saturated carbocycles. The lowest BCUT2D eigenvalue weighted by atomic mass is 10.1. The van der Waals surface area contributed by atoms with Gasteiger partial charge in [0.2, 0.25) is 20.0 Å². The number of likely N-dealkylation sites (N-methyl/N-ethyl adjacent to an activating group) is 1. The molecule has 160 valence electrons. The predicted molar refractivity (Wildman–Crippen MR) is 116 cm³/mol. The van der Waals surface area contributed by atoms with Crippen LogP contribution in [0.2, 0.25) is 0 Å². The topological polar surface area (TPSA) is 110 Å². The second kappa shape index (κ2) is 9.47. The first-order chi connectivity index (χ1) is 13.5. The molecular formula is C19H27N3O5S2. The summed E-state index contributed by atoms with van der Waals surface area (Å²) in [5.41, 5.74) is 7.69. The van der Waals surface area contributed by atoms with E-state index in [0.717, 1.165) is 31.2 Å². The minimum Gasteiger partial charge on any atom is -0.492 e. The lowest BCUT2D eigenvalue weighted by Gasteiger charge is -2.20. The molecule has 2 aromatic carbocycles. The minimum absolute atomic E-state index is 0.0444. The van der Waals surface area contributed by atoms with Gasteiger partial charge >= 0.3 is 0 Å². The Hall–Kier alpha value is -2.30. The van der Waals surface area contributed by atoms with Gasteiger partial charge in [0.15, 0.2) is 0 Å². The van der Waals surface area contributed by atoms with Crippen LogP contribution in [-0.2, 0) is 26.5 Å². The van der Waals surface area contributed by atoms with E-state index in [-0.39, 0.29) is 5.69 Å². The van der Waals surface area contributed by atoms with Crippen LogP contribution in [0.1, 0.15) is 5.56 Å². The summed E-state index contributed by atoms with van der Waals surface area (Å²) in [7, 11) is -5.92. The summed E-state index contributed by atoms with van der Waals surface area (Å²) in [5, 5.41) is 0. The molecule has 8 nitrogen and oxygen atoms in total. The van der Waals surface area contributed by atoms with Gasteiger partial charge in [-0.25, -0.2) is 16.8 Å². The number of ether oxygens (including phenoxy) is 1. The monoisotopic (exact) mass is 441 g/mol. The number of nitrogens with zero attached hydrogens (tertiary/aromatic N) is 2. The maximum Gasteiger partial charge on any atom is 0.245 e. The first-order valence-electron chi connectivity index (χ1n) is 8.93. The molecule has 2 aromatic rings. The van der Waals surface area contributed by atoms with Gasteiger partial charge in [-0.2, -0.15) is 3.71 Å². The fraction of sp³-hybridized carbons (Fsp3) is 0.368. The van der Waals surface area contributed by atoms with Crippen LogP contribution >= 0.6 is 0 Å². The van der Waals surface area contributed by atoms with E-state index in [1.807, 2.05) is 31.3 Å². The molecule has 0 aromatic heterocycles. The Bertz CT molecular complexity index is 973. The van der Waals surface area contributed by atoms with Gasteiger partial charge in [0.1, 0.15) is 12.4 Å². The van der Waals surface area contributed by atoms with E-state index in [1.165, 1.54) is 17.7 Å². The number of hydrogen-bond donors (Lipinski definition) is 1. The summed E-state index contributed by atoms with van der Waals surface area (Å²) in [5.74, 6) is 0.530. The summed E-state index contributed by atoms with van der Waals surface area (Å²) < 4.78 is 53.3. The van der Waals surface area contributed by atoms with Crippen molar-refractivity contribution in [3.63, 3.8) is 0 Å². The lowest BCUT2D eigenvalue weighted by Crippen LogP contribution is -2.35. The Morgan fingerprint density at radius 1 is 0.862 bits per heavy atom. The quantitative estimate of drug-likeness (QED) is 0.557. The van der Waals surface area contributed by atoms with E-state index in [0.29, 0.717) is 22.6 Å². The van der Waals surface area contributed by atoms with Crippen molar-refractivity contribution < 1.29 is 21.6 Å². The van der Waals surface area contributed by atoms with E-state index in [1.54, 1.807) is 12.1 Å². The van der Waals surface area contributed by atoms with Crippen LogP contribution < -0.4 is 14.2 Å². The van der Waals surface area contributed by atoms with Gasteiger partial charge < -0.3 is 15.4 Å². The number of hydrogen-bond acceptors (Lipinski definition) is 7. The number of benzene rings is 2. The first-order valence-corrected chi connectivity index (χ1v) is 12.6. The Kier molecular flexibility index (Phi) is 7.50. The maximum atomic E-state index is 11.8. The first kappa shape index (κ1) is 23.0. The van der Waals surface area contributed by atoms with Crippen molar-refractivity contribution in [2.75, 3.05) is 48.7 Å². The molecule has 0 heterocycles. The zero-order valence-corrected chi connectivity index (χ0v) is 18.4. The summed E-state index contributed by atoms with van der Waals surface area (Å²) >= 11 is 0. The molecular weight excluding hydrogens is 414 g/mol. The van der Waals surface area contributed by atoms with Gasteiger partial charge in [0.25, 0.3) is 0 Å². The Labute approximate surface area is 173 Å². The predicted octanol–water partition coefficient (Wildman–Crippen LogP) is 1.55. The van der Waals surface area contributed by atoms with Gasteiger partial charge in [-0.1, -0.05) is 12.1 Å². The van der Waals surface area contributed by atoms with Crippen molar-refractivity contribution in [1.29, 1.82) is 0 Å².